The SMILES string of the molecule is CC(C)S(=O)(=O)N(Cc1ccco1)C1CC1. The number of hydrogen-bond donors (Lipinski definition) is 0. The van der Waals surface area contributed by atoms with Gasteiger partial charge in [0.1, 0.15) is 5.76 Å². The van der Waals surface area contributed by atoms with E-state index < -0.39 is 10.0 Å². The molecule has 1 fully saturated rings. The summed E-state index contributed by atoms with van der Waals surface area (Å²) in [6.07, 6.45) is 3.50. The molecule has 90 valence electrons. The number of furan rings is 1. The third-order valence-electron chi connectivity index (χ3n) is 2.77. The Morgan fingerprint density at radius 2 is 2.19 bits per heavy atom. The van der Waals surface area contributed by atoms with E-state index in [0.29, 0.717) is 12.3 Å². The van der Waals surface area contributed by atoms with Gasteiger partial charge in [-0.25, -0.2) is 8.42 Å². The van der Waals surface area contributed by atoms with Crippen LogP contribution in [0.5, 0.6) is 0 Å². The number of hydrogen-bond acceptors (Lipinski definition) is 3. The molecule has 1 aromatic heterocycles. The Labute approximate surface area is 96.3 Å². The molecule has 4 nitrogen and oxygen atoms in total. The van der Waals surface area contributed by atoms with Crippen molar-refractivity contribution in [3.8, 4) is 0 Å². The molecule has 0 bridgehead atoms. The Morgan fingerprint density at radius 1 is 1.50 bits per heavy atom. The van der Waals surface area contributed by atoms with Crippen molar-refractivity contribution in [1.29, 1.82) is 0 Å². The highest BCUT2D eigenvalue weighted by Gasteiger charge is 2.38. The molecule has 0 aromatic carbocycles. The van der Waals surface area contributed by atoms with Gasteiger partial charge in [-0.1, -0.05) is 0 Å². The first-order chi connectivity index (χ1) is 7.51. The van der Waals surface area contributed by atoms with E-state index in [9.17, 15) is 8.42 Å². The van der Waals surface area contributed by atoms with E-state index in [0.717, 1.165) is 12.8 Å². The van der Waals surface area contributed by atoms with Crippen molar-refractivity contribution < 1.29 is 12.8 Å². The maximum absolute atomic E-state index is 12.1. The van der Waals surface area contributed by atoms with Crippen molar-refractivity contribution in [2.24, 2.45) is 0 Å². The van der Waals surface area contributed by atoms with Crippen molar-refractivity contribution in [3.63, 3.8) is 0 Å². The van der Waals surface area contributed by atoms with Crippen molar-refractivity contribution in [1.82, 2.24) is 4.31 Å². The smallest absolute Gasteiger partial charge is 0.217 e. The molecule has 0 unspecified atom stereocenters. The molecule has 0 atom stereocenters. The average Bonchev–Trinajstić information content (AvgIpc) is 2.91. The molecule has 1 aromatic rings. The van der Waals surface area contributed by atoms with Crippen LogP contribution in [0.1, 0.15) is 32.4 Å². The standard InChI is InChI=1S/C11H17NO3S/c1-9(2)16(13,14)12(10-5-6-10)8-11-4-3-7-15-11/h3-4,7,9-10H,5-6,8H2,1-2H3. The molecule has 0 radical (unpaired) electrons. The van der Waals surface area contributed by atoms with Gasteiger partial charge >= 0.3 is 0 Å². The summed E-state index contributed by atoms with van der Waals surface area (Å²) in [4.78, 5) is 0. The van der Waals surface area contributed by atoms with Gasteiger partial charge in [0.15, 0.2) is 0 Å². The third kappa shape index (κ3) is 2.30. The van der Waals surface area contributed by atoms with Crippen LogP contribution in [-0.4, -0.2) is 24.0 Å². The van der Waals surface area contributed by atoms with Crippen molar-refractivity contribution in [3.05, 3.63) is 24.2 Å². The van der Waals surface area contributed by atoms with Gasteiger partial charge in [-0.15, -0.1) is 0 Å². The minimum Gasteiger partial charge on any atom is -0.468 e. The maximum Gasteiger partial charge on any atom is 0.217 e. The van der Waals surface area contributed by atoms with E-state index in [-0.39, 0.29) is 11.3 Å². The second kappa shape index (κ2) is 4.22. The molecular formula is C11H17NO3S. The second-order valence-corrected chi connectivity index (χ2v) is 6.89. The molecule has 1 aliphatic rings. The molecule has 1 heterocycles. The van der Waals surface area contributed by atoms with Gasteiger partial charge in [-0.3, -0.25) is 0 Å². The van der Waals surface area contributed by atoms with Crippen molar-refractivity contribution in [2.75, 3.05) is 0 Å². The van der Waals surface area contributed by atoms with Crippen LogP contribution < -0.4 is 0 Å². The molecule has 0 saturated heterocycles. The van der Waals surface area contributed by atoms with Gasteiger partial charge < -0.3 is 4.42 Å². The summed E-state index contributed by atoms with van der Waals surface area (Å²) in [5.41, 5.74) is 0. The van der Waals surface area contributed by atoms with Gasteiger partial charge in [0.2, 0.25) is 10.0 Å². The minimum atomic E-state index is -3.18. The fraction of sp³-hybridized carbons (Fsp3) is 0.636. The molecule has 0 aliphatic heterocycles. The van der Waals surface area contributed by atoms with Crippen LogP contribution in [-0.2, 0) is 16.6 Å². The summed E-state index contributed by atoms with van der Waals surface area (Å²) in [6, 6.07) is 3.77. The topological polar surface area (TPSA) is 50.5 Å². The predicted octanol–water partition coefficient (Wildman–Crippen LogP) is 1.98. The second-order valence-electron chi connectivity index (χ2n) is 4.45. The molecule has 1 aliphatic carbocycles. The molecule has 16 heavy (non-hydrogen) atoms. The summed E-state index contributed by atoms with van der Waals surface area (Å²) in [5, 5.41) is -0.372. The van der Waals surface area contributed by atoms with Crippen molar-refractivity contribution in [2.45, 2.75) is 44.5 Å². The predicted molar refractivity (Wildman–Crippen MR) is 61.3 cm³/mol. The van der Waals surface area contributed by atoms with Gasteiger partial charge in [0.25, 0.3) is 0 Å². The number of rotatable bonds is 5. The Hall–Kier alpha value is -0.810. The van der Waals surface area contributed by atoms with Crippen LogP contribution in [0, 0.1) is 0 Å². The van der Waals surface area contributed by atoms with Crippen LogP contribution in [0.2, 0.25) is 0 Å². The lowest BCUT2D eigenvalue weighted by Gasteiger charge is -2.23. The highest BCUT2D eigenvalue weighted by molar-refractivity contribution is 7.89. The number of nitrogens with zero attached hydrogens (tertiary/aromatic N) is 1. The lowest BCUT2D eigenvalue weighted by molar-refractivity contribution is 0.353. The first-order valence-electron chi connectivity index (χ1n) is 5.55. The lowest BCUT2D eigenvalue weighted by Crippen LogP contribution is -2.37. The monoisotopic (exact) mass is 243 g/mol. The third-order valence-corrected chi connectivity index (χ3v) is 5.04. The normalized spacial score (nSPS) is 17.2. The van der Waals surface area contributed by atoms with Gasteiger partial charge in [-0.05, 0) is 38.8 Å². The Balaban J connectivity index is 2.18. The summed E-state index contributed by atoms with van der Waals surface area (Å²) in [5.74, 6) is 0.705. The van der Waals surface area contributed by atoms with Crippen molar-refractivity contribution >= 4 is 10.0 Å². The van der Waals surface area contributed by atoms with E-state index in [1.165, 1.54) is 0 Å². The zero-order chi connectivity index (χ0) is 11.8. The van der Waals surface area contributed by atoms with Gasteiger partial charge in [0.05, 0.1) is 18.1 Å². The highest BCUT2D eigenvalue weighted by atomic mass is 32.2. The summed E-state index contributed by atoms with van der Waals surface area (Å²) >= 11 is 0. The summed E-state index contributed by atoms with van der Waals surface area (Å²) in [6.45, 7) is 3.79. The molecule has 2 rings (SSSR count). The fourth-order valence-corrected chi connectivity index (χ4v) is 3.09. The zero-order valence-corrected chi connectivity index (χ0v) is 10.4. The minimum absolute atomic E-state index is 0.178. The summed E-state index contributed by atoms with van der Waals surface area (Å²) in [7, 11) is -3.18. The lowest BCUT2D eigenvalue weighted by atomic mass is 10.4. The molecule has 1 saturated carbocycles. The van der Waals surface area contributed by atoms with E-state index in [2.05, 4.69) is 0 Å². The molecule has 0 amide bonds. The Morgan fingerprint density at radius 3 is 2.62 bits per heavy atom. The van der Waals surface area contributed by atoms with Crippen LogP contribution in [0.3, 0.4) is 0 Å². The van der Waals surface area contributed by atoms with E-state index in [1.807, 2.05) is 6.07 Å². The molecule has 0 N–H and O–H groups in total. The first kappa shape index (κ1) is 11.7. The van der Waals surface area contributed by atoms with E-state index in [1.54, 1.807) is 30.5 Å². The maximum atomic E-state index is 12.1. The van der Waals surface area contributed by atoms with E-state index >= 15 is 0 Å². The van der Waals surface area contributed by atoms with Crippen LogP contribution in [0.25, 0.3) is 0 Å². The quantitative estimate of drug-likeness (QED) is 0.794. The first-order valence-corrected chi connectivity index (χ1v) is 7.05. The average molecular weight is 243 g/mol. The van der Waals surface area contributed by atoms with E-state index in [4.69, 9.17) is 4.42 Å². The van der Waals surface area contributed by atoms with Crippen LogP contribution >= 0.6 is 0 Å². The largest absolute Gasteiger partial charge is 0.468 e. The summed E-state index contributed by atoms with van der Waals surface area (Å²) < 4.78 is 31.0. The molecular weight excluding hydrogens is 226 g/mol. The fourth-order valence-electron chi connectivity index (χ4n) is 1.62. The highest BCUT2D eigenvalue weighted by Crippen LogP contribution is 2.32. The van der Waals surface area contributed by atoms with Gasteiger partial charge in [0, 0.05) is 6.04 Å². The Kier molecular flexibility index (Phi) is 3.08. The Bertz CT molecular complexity index is 432. The van der Waals surface area contributed by atoms with Crippen LogP contribution in [0.15, 0.2) is 22.8 Å². The zero-order valence-electron chi connectivity index (χ0n) is 9.59. The van der Waals surface area contributed by atoms with Gasteiger partial charge in [-0.2, -0.15) is 4.31 Å². The van der Waals surface area contributed by atoms with Crippen LogP contribution in [0.4, 0.5) is 0 Å². The number of sulfonamides is 1. The molecule has 5 heteroatoms. The molecule has 0 spiro atoms.